The molecule has 0 bridgehead atoms. The number of hydrogen-bond donors (Lipinski definition) is 4. The summed E-state index contributed by atoms with van der Waals surface area (Å²) in [5.74, 6) is -1.90. The molecule has 2 rings (SSSR count). The molecule has 2 atom stereocenters. The van der Waals surface area contributed by atoms with E-state index < -0.39 is 56.5 Å². The monoisotopic (exact) mass is 623 g/mol. The predicted octanol–water partition coefficient (Wildman–Crippen LogP) is 3.32. The van der Waals surface area contributed by atoms with Crippen molar-refractivity contribution in [3.05, 3.63) is 29.4 Å². The van der Waals surface area contributed by atoms with Crippen molar-refractivity contribution in [2.75, 3.05) is 25.6 Å². The van der Waals surface area contributed by atoms with Crippen LogP contribution < -0.4 is 16.0 Å². The standard InChI is InChI=1S/C27H41N5O8SSi/c1-26(2,3)40-25(37)32-20-11-10-16(12-28-20)23-31-19(15-41-23)22(35)30-18(14-39-42(8,9)27(4,5)6)21(34)29-17(13-33)24(36)38-7/h10-12,15,17-18,33H,13-14H2,1-9H3,(H,29,34)(H,30,35)(H,28,32,37)/t17-,18-/m0/s1. The van der Waals surface area contributed by atoms with Crippen molar-refractivity contribution in [1.82, 2.24) is 20.6 Å². The number of pyridine rings is 1. The predicted molar refractivity (Wildman–Crippen MR) is 161 cm³/mol. The van der Waals surface area contributed by atoms with Gasteiger partial charge in [-0.3, -0.25) is 14.9 Å². The molecule has 0 fully saturated rings. The molecule has 0 aliphatic carbocycles. The number of carbonyl (C=O) groups is 4. The molecule has 0 aliphatic rings. The molecule has 0 unspecified atom stereocenters. The minimum Gasteiger partial charge on any atom is -0.467 e. The first-order chi connectivity index (χ1) is 19.4. The number of ether oxygens (including phenoxy) is 2. The Bertz CT molecular complexity index is 1250. The molecule has 0 saturated carbocycles. The van der Waals surface area contributed by atoms with Gasteiger partial charge in [-0.15, -0.1) is 11.3 Å². The van der Waals surface area contributed by atoms with Gasteiger partial charge in [-0.25, -0.2) is 19.6 Å². The van der Waals surface area contributed by atoms with Crippen molar-refractivity contribution in [1.29, 1.82) is 0 Å². The Labute approximate surface area is 250 Å². The number of aliphatic hydroxyl groups is 1. The largest absolute Gasteiger partial charge is 0.467 e. The molecule has 3 amide bonds. The molecule has 2 heterocycles. The average molecular weight is 624 g/mol. The second-order valence-electron chi connectivity index (χ2n) is 12.0. The van der Waals surface area contributed by atoms with Crippen molar-refractivity contribution in [2.45, 2.75) is 77.4 Å². The maximum absolute atomic E-state index is 13.2. The topological polar surface area (TPSA) is 178 Å². The molecule has 2 aromatic heterocycles. The molecule has 0 spiro atoms. The van der Waals surface area contributed by atoms with Gasteiger partial charge >= 0.3 is 12.1 Å². The number of amides is 3. The second-order valence-corrected chi connectivity index (χ2v) is 17.6. The quantitative estimate of drug-likeness (QED) is 0.214. The number of aliphatic hydroxyl groups excluding tert-OH is 1. The number of esters is 1. The molecule has 0 saturated heterocycles. The Hall–Kier alpha value is -3.40. The number of carbonyl (C=O) groups excluding carboxylic acids is 4. The van der Waals surface area contributed by atoms with Crippen LogP contribution in [0.1, 0.15) is 52.0 Å². The number of nitrogens with one attached hydrogen (secondary N) is 3. The normalized spacial score (nSPS) is 13.5. The Morgan fingerprint density at radius 2 is 1.71 bits per heavy atom. The Morgan fingerprint density at radius 1 is 1.05 bits per heavy atom. The van der Waals surface area contributed by atoms with Crippen LogP contribution in [-0.4, -0.2) is 85.3 Å². The molecule has 2 aromatic rings. The summed E-state index contributed by atoms with van der Waals surface area (Å²) in [5.41, 5.74) is 0.0105. The van der Waals surface area contributed by atoms with Gasteiger partial charge in [-0.2, -0.15) is 0 Å². The van der Waals surface area contributed by atoms with Crippen LogP contribution in [0.5, 0.6) is 0 Å². The summed E-state index contributed by atoms with van der Waals surface area (Å²) < 4.78 is 16.0. The summed E-state index contributed by atoms with van der Waals surface area (Å²) in [4.78, 5) is 58.7. The number of rotatable bonds is 11. The maximum Gasteiger partial charge on any atom is 0.413 e. The molecule has 232 valence electrons. The lowest BCUT2D eigenvalue weighted by Gasteiger charge is -2.37. The number of methoxy groups -OCH3 is 1. The molecule has 0 radical (unpaired) electrons. The van der Waals surface area contributed by atoms with Crippen LogP contribution in [0.2, 0.25) is 18.1 Å². The fraction of sp³-hybridized carbons (Fsp3) is 0.556. The average Bonchev–Trinajstić information content (AvgIpc) is 3.38. The summed E-state index contributed by atoms with van der Waals surface area (Å²) >= 11 is 1.19. The van der Waals surface area contributed by atoms with Crippen LogP contribution in [0.25, 0.3) is 10.6 Å². The van der Waals surface area contributed by atoms with Crippen LogP contribution in [0.3, 0.4) is 0 Å². The smallest absolute Gasteiger partial charge is 0.413 e. The summed E-state index contributed by atoms with van der Waals surface area (Å²) in [6, 6.07) is 0.778. The SMILES string of the molecule is COC(=O)[C@H](CO)NC(=O)[C@H](CO[Si](C)(C)C(C)(C)C)NC(=O)c1csc(-c2ccc(NC(=O)OC(C)(C)C)nc2)n1. The molecule has 0 aromatic carbocycles. The Morgan fingerprint density at radius 3 is 2.24 bits per heavy atom. The van der Waals surface area contributed by atoms with Crippen LogP contribution in [-0.2, 0) is 23.5 Å². The van der Waals surface area contributed by atoms with E-state index in [0.717, 1.165) is 7.11 Å². The van der Waals surface area contributed by atoms with Gasteiger partial charge in [-0.1, -0.05) is 20.8 Å². The fourth-order valence-electron chi connectivity index (χ4n) is 3.03. The fourth-order valence-corrected chi connectivity index (χ4v) is 4.84. The van der Waals surface area contributed by atoms with Crippen LogP contribution in [0, 0.1) is 0 Å². The zero-order valence-electron chi connectivity index (χ0n) is 25.5. The number of anilines is 1. The molecule has 13 nitrogen and oxygen atoms in total. The van der Waals surface area contributed by atoms with Gasteiger partial charge in [0, 0.05) is 17.1 Å². The number of thiazole rings is 1. The summed E-state index contributed by atoms with van der Waals surface area (Å²) in [6.45, 7) is 14.6. The van der Waals surface area contributed by atoms with Gasteiger partial charge in [0.05, 0.1) is 20.3 Å². The van der Waals surface area contributed by atoms with Crippen LogP contribution in [0.15, 0.2) is 23.7 Å². The minimum absolute atomic E-state index is 0.0581. The molecular weight excluding hydrogens is 582 g/mol. The maximum atomic E-state index is 13.2. The lowest BCUT2D eigenvalue weighted by atomic mass is 10.2. The van der Waals surface area contributed by atoms with E-state index in [1.165, 1.54) is 22.9 Å². The second kappa shape index (κ2) is 14.2. The van der Waals surface area contributed by atoms with E-state index in [2.05, 4.69) is 30.7 Å². The van der Waals surface area contributed by atoms with Gasteiger partial charge in [0.1, 0.15) is 28.2 Å². The van der Waals surface area contributed by atoms with Crippen molar-refractivity contribution in [2.24, 2.45) is 0 Å². The van der Waals surface area contributed by atoms with Crippen LogP contribution >= 0.6 is 11.3 Å². The highest BCUT2D eigenvalue weighted by atomic mass is 32.1. The van der Waals surface area contributed by atoms with E-state index in [9.17, 15) is 24.3 Å². The third kappa shape index (κ3) is 10.1. The van der Waals surface area contributed by atoms with E-state index in [1.54, 1.807) is 32.9 Å². The van der Waals surface area contributed by atoms with E-state index >= 15 is 0 Å². The number of aromatic nitrogens is 2. The lowest BCUT2D eigenvalue weighted by molar-refractivity contribution is -0.146. The lowest BCUT2D eigenvalue weighted by Crippen LogP contribution is -2.56. The first kappa shape index (κ1) is 34.8. The molecule has 4 N–H and O–H groups in total. The number of nitrogens with zero attached hydrogens (tertiary/aromatic N) is 2. The number of hydrogen-bond acceptors (Lipinski definition) is 11. The molecular formula is C27H41N5O8SSi. The van der Waals surface area contributed by atoms with Crippen LogP contribution in [0.4, 0.5) is 10.6 Å². The highest BCUT2D eigenvalue weighted by Crippen LogP contribution is 2.36. The van der Waals surface area contributed by atoms with E-state index in [0.29, 0.717) is 10.6 Å². The van der Waals surface area contributed by atoms with Crippen molar-refractivity contribution in [3.63, 3.8) is 0 Å². The molecule has 0 aliphatic heterocycles. The van der Waals surface area contributed by atoms with Crippen molar-refractivity contribution >= 4 is 49.3 Å². The van der Waals surface area contributed by atoms with Crippen molar-refractivity contribution in [3.8, 4) is 10.6 Å². The third-order valence-electron chi connectivity index (χ3n) is 6.40. The summed E-state index contributed by atoms with van der Waals surface area (Å²) in [6.07, 6.45) is 0.863. The highest BCUT2D eigenvalue weighted by molar-refractivity contribution is 7.13. The zero-order valence-corrected chi connectivity index (χ0v) is 27.3. The molecule has 15 heteroatoms. The van der Waals surface area contributed by atoms with Gasteiger partial charge in [0.2, 0.25) is 5.91 Å². The van der Waals surface area contributed by atoms with Gasteiger partial charge in [-0.05, 0) is 51.0 Å². The van der Waals surface area contributed by atoms with E-state index in [4.69, 9.17) is 9.16 Å². The summed E-state index contributed by atoms with van der Waals surface area (Å²) in [7, 11) is -1.18. The van der Waals surface area contributed by atoms with E-state index in [1.807, 2.05) is 33.9 Å². The Balaban J connectivity index is 2.18. The van der Waals surface area contributed by atoms with Gasteiger partial charge in [0.25, 0.3) is 5.91 Å². The Kier molecular flexibility index (Phi) is 11.7. The first-order valence-electron chi connectivity index (χ1n) is 13.2. The first-order valence-corrected chi connectivity index (χ1v) is 17.0. The molecule has 42 heavy (non-hydrogen) atoms. The minimum atomic E-state index is -2.31. The van der Waals surface area contributed by atoms with Crippen molar-refractivity contribution < 1.29 is 38.2 Å². The zero-order chi connectivity index (χ0) is 31.9. The highest BCUT2D eigenvalue weighted by Gasteiger charge is 2.39. The third-order valence-corrected chi connectivity index (χ3v) is 11.8. The van der Waals surface area contributed by atoms with E-state index in [-0.39, 0.29) is 23.2 Å². The van der Waals surface area contributed by atoms with Gasteiger partial charge < -0.3 is 29.6 Å². The van der Waals surface area contributed by atoms with Gasteiger partial charge in [0.15, 0.2) is 14.4 Å². The summed E-state index contributed by atoms with van der Waals surface area (Å²) in [5, 5.41) is 19.0.